The van der Waals surface area contributed by atoms with Crippen molar-refractivity contribution in [3.8, 4) is 17.0 Å². The predicted molar refractivity (Wildman–Crippen MR) is 136 cm³/mol. The lowest BCUT2D eigenvalue weighted by atomic mass is 9.97. The highest BCUT2D eigenvalue weighted by molar-refractivity contribution is 5.88. The normalized spacial score (nSPS) is 11.8. The van der Waals surface area contributed by atoms with Crippen LogP contribution < -0.4 is 4.74 Å². The van der Waals surface area contributed by atoms with Crippen LogP contribution in [0.4, 0.5) is 26.3 Å². The molecule has 38 heavy (non-hydrogen) atoms. The van der Waals surface area contributed by atoms with Gasteiger partial charge in [-0.15, -0.1) is 0 Å². The van der Waals surface area contributed by atoms with Gasteiger partial charge in [0.25, 0.3) is 0 Å². The maximum atomic E-state index is 15.2. The molecule has 0 aliphatic heterocycles. The summed E-state index contributed by atoms with van der Waals surface area (Å²) in [6, 6.07) is 13.5. The topological polar surface area (TPSA) is 22.1 Å². The van der Waals surface area contributed by atoms with E-state index < -0.39 is 29.2 Å². The van der Waals surface area contributed by atoms with Crippen LogP contribution in [-0.2, 0) is 19.0 Å². The molecule has 1 heterocycles. The van der Waals surface area contributed by atoms with Crippen LogP contribution in [0.5, 0.6) is 5.75 Å². The van der Waals surface area contributed by atoms with Gasteiger partial charge >= 0.3 is 6.18 Å². The fourth-order valence-electron chi connectivity index (χ4n) is 4.36. The number of halogens is 6. The van der Waals surface area contributed by atoms with Gasteiger partial charge in [-0.3, -0.25) is 4.98 Å². The number of pyridine rings is 1. The molecule has 0 radical (unpaired) electrons. The van der Waals surface area contributed by atoms with Crippen LogP contribution in [0.15, 0.2) is 60.8 Å². The Morgan fingerprint density at radius 3 is 2.24 bits per heavy atom. The third kappa shape index (κ3) is 6.47. The molecule has 0 bridgehead atoms. The summed E-state index contributed by atoms with van der Waals surface area (Å²) in [4.78, 5) is 4.46. The lowest BCUT2D eigenvalue weighted by Crippen LogP contribution is -2.12. The number of alkyl halides is 3. The van der Waals surface area contributed by atoms with Crippen LogP contribution >= 0.6 is 0 Å². The van der Waals surface area contributed by atoms with Gasteiger partial charge in [0, 0.05) is 10.9 Å². The Bertz CT molecular complexity index is 1380. The minimum atomic E-state index is -5.13. The van der Waals surface area contributed by atoms with Gasteiger partial charge in [-0.1, -0.05) is 50.5 Å². The highest BCUT2D eigenvalue weighted by atomic mass is 19.4. The van der Waals surface area contributed by atoms with Gasteiger partial charge in [-0.2, -0.15) is 13.2 Å². The van der Waals surface area contributed by atoms with Crippen LogP contribution in [0, 0.1) is 17.5 Å². The molecule has 8 heteroatoms. The first kappa shape index (κ1) is 27.5. The van der Waals surface area contributed by atoms with Crippen LogP contribution in [0.25, 0.3) is 22.0 Å². The SMILES string of the molecule is CCCCCCOc1ccc(-c2ccc3c(F)c(CCc4cc(F)c(C(F)(F)F)c(F)c4)ccc3c2)nc1. The Morgan fingerprint density at radius 1 is 0.816 bits per heavy atom. The van der Waals surface area contributed by atoms with Crippen LogP contribution in [0.1, 0.15) is 49.3 Å². The minimum absolute atomic E-state index is 0.0160. The van der Waals surface area contributed by atoms with Crippen molar-refractivity contribution < 1.29 is 31.1 Å². The molecule has 0 atom stereocenters. The van der Waals surface area contributed by atoms with Crippen LogP contribution in [-0.4, -0.2) is 11.6 Å². The van der Waals surface area contributed by atoms with E-state index >= 15 is 4.39 Å². The molecule has 1 aromatic heterocycles. The average Bonchev–Trinajstić information content (AvgIpc) is 2.87. The molecular weight excluding hydrogens is 504 g/mol. The number of unbranched alkanes of at least 4 members (excludes halogenated alkanes) is 3. The van der Waals surface area contributed by atoms with Gasteiger partial charge in [-0.05, 0) is 66.1 Å². The van der Waals surface area contributed by atoms with E-state index in [9.17, 15) is 22.0 Å². The standard InChI is InChI=1S/C30H27F6NO/c1-2-3-4-5-14-38-23-11-13-27(37-18-23)22-10-12-24-21(17-22)9-8-20(29(24)33)7-6-19-15-25(31)28(26(32)16-19)30(34,35)36/h8-13,15-18H,2-7,14H2,1H3. The number of benzene rings is 3. The molecule has 0 aliphatic rings. The summed E-state index contributed by atoms with van der Waals surface area (Å²) in [7, 11) is 0. The van der Waals surface area contributed by atoms with Gasteiger partial charge in [0.15, 0.2) is 0 Å². The van der Waals surface area contributed by atoms with Crippen molar-refractivity contribution in [1.29, 1.82) is 0 Å². The van der Waals surface area contributed by atoms with Crippen molar-refractivity contribution >= 4 is 10.8 Å². The number of aromatic nitrogens is 1. The maximum absolute atomic E-state index is 15.2. The molecule has 0 saturated carbocycles. The molecule has 0 saturated heterocycles. The van der Waals surface area contributed by atoms with Crippen molar-refractivity contribution in [2.45, 2.75) is 51.6 Å². The Balaban J connectivity index is 1.45. The van der Waals surface area contributed by atoms with Gasteiger partial charge in [-0.25, -0.2) is 13.2 Å². The molecular formula is C30H27F6NO. The molecule has 4 rings (SSSR count). The molecule has 0 amide bonds. The Labute approximate surface area is 217 Å². The van der Waals surface area contributed by atoms with Gasteiger partial charge in [0.1, 0.15) is 28.8 Å². The van der Waals surface area contributed by atoms with E-state index in [-0.39, 0.29) is 18.4 Å². The summed E-state index contributed by atoms with van der Waals surface area (Å²) in [5.41, 5.74) is -0.101. The second-order valence-electron chi connectivity index (χ2n) is 9.20. The van der Waals surface area contributed by atoms with Crippen LogP contribution in [0.3, 0.4) is 0 Å². The van der Waals surface area contributed by atoms with Gasteiger partial charge < -0.3 is 4.74 Å². The smallest absolute Gasteiger partial charge is 0.422 e. The average molecular weight is 532 g/mol. The summed E-state index contributed by atoms with van der Waals surface area (Å²) in [6.07, 6.45) is 1.04. The lowest BCUT2D eigenvalue weighted by Gasteiger charge is -2.12. The fourth-order valence-corrected chi connectivity index (χ4v) is 4.36. The Hall–Kier alpha value is -3.55. The maximum Gasteiger partial charge on any atom is 0.422 e. The highest BCUT2D eigenvalue weighted by Gasteiger charge is 2.37. The molecule has 200 valence electrons. The minimum Gasteiger partial charge on any atom is -0.492 e. The first-order chi connectivity index (χ1) is 18.2. The zero-order chi connectivity index (χ0) is 27.3. The highest BCUT2D eigenvalue weighted by Crippen LogP contribution is 2.34. The molecule has 3 aromatic carbocycles. The van der Waals surface area contributed by atoms with Gasteiger partial charge in [0.2, 0.25) is 0 Å². The Morgan fingerprint density at radius 2 is 1.58 bits per heavy atom. The van der Waals surface area contributed by atoms with E-state index in [1.54, 1.807) is 30.5 Å². The summed E-state index contributed by atoms with van der Waals surface area (Å²) >= 11 is 0. The number of aryl methyl sites for hydroxylation is 2. The first-order valence-corrected chi connectivity index (χ1v) is 12.5. The number of hydrogen-bond donors (Lipinski definition) is 0. The van der Waals surface area contributed by atoms with E-state index in [1.807, 2.05) is 18.2 Å². The second kappa shape index (κ2) is 11.9. The molecule has 4 aromatic rings. The molecule has 0 fully saturated rings. The molecule has 0 aliphatic carbocycles. The summed E-state index contributed by atoms with van der Waals surface area (Å²) in [5, 5.41) is 1.01. The van der Waals surface area contributed by atoms with E-state index in [2.05, 4.69) is 11.9 Å². The quantitative estimate of drug-likeness (QED) is 0.150. The third-order valence-electron chi connectivity index (χ3n) is 6.40. The van der Waals surface area contributed by atoms with Crippen molar-refractivity contribution in [3.05, 3.63) is 94.9 Å². The third-order valence-corrected chi connectivity index (χ3v) is 6.40. The number of nitrogens with zero attached hydrogens (tertiary/aromatic N) is 1. The van der Waals surface area contributed by atoms with E-state index in [0.29, 0.717) is 46.5 Å². The molecule has 2 nitrogen and oxygen atoms in total. The van der Waals surface area contributed by atoms with E-state index in [4.69, 9.17) is 4.74 Å². The molecule has 0 spiro atoms. The summed E-state index contributed by atoms with van der Waals surface area (Å²) in [5.74, 6) is -3.16. The van der Waals surface area contributed by atoms with Crippen molar-refractivity contribution in [3.63, 3.8) is 0 Å². The number of ether oxygens (including phenoxy) is 1. The largest absolute Gasteiger partial charge is 0.492 e. The summed E-state index contributed by atoms with van der Waals surface area (Å²) < 4.78 is 87.0. The van der Waals surface area contributed by atoms with Crippen molar-refractivity contribution in [2.24, 2.45) is 0 Å². The summed E-state index contributed by atoms with van der Waals surface area (Å²) in [6.45, 7) is 2.80. The monoisotopic (exact) mass is 531 g/mol. The van der Waals surface area contributed by atoms with E-state index in [1.165, 1.54) is 12.8 Å². The number of fused-ring (bicyclic) bond motifs is 1. The first-order valence-electron chi connectivity index (χ1n) is 12.5. The zero-order valence-electron chi connectivity index (χ0n) is 20.8. The number of hydrogen-bond acceptors (Lipinski definition) is 2. The van der Waals surface area contributed by atoms with E-state index in [0.717, 1.165) is 18.4 Å². The lowest BCUT2D eigenvalue weighted by molar-refractivity contribution is -0.142. The molecule has 0 N–H and O–H groups in total. The Kier molecular flexibility index (Phi) is 8.59. The van der Waals surface area contributed by atoms with Crippen LogP contribution in [0.2, 0.25) is 0 Å². The number of rotatable bonds is 10. The fraction of sp³-hybridized carbons (Fsp3) is 0.300. The molecule has 0 unspecified atom stereocenters. The van der Waals surface area contributed by atoms with Crippen molar-refractivity contribution in [1.82, 2.24) is 4.98 Å². The van der Waals surface area contributed by atoms with Crippen molar-refractivity contribution in [2.75, 3.05) is 6.61 Å². The van der Waals surface area contributed by atoms with Gasteiger partial charge in [0.05, 0.1) is 18.5 Å². The zero-order valence-corrected chi connectivity index (χ0v) is 20.8. The second-order valence-corrected chi connectivity index (χ2v) is 9.20. The predicted octanol–water partition coefficient (Wildman–Crippen LogP) is 9.08.